The molecule has 0 aliphatic rings. The van der Waals surface area contributed by atoms with Gasteiger partial charge in [0.25, 0.3) is 0 Å². The Morgan fingerprint density at radius 1 is 1.31 bits per heavy atom. The molecule has 1 aromatic rings. The molecule has 0 aromatic heterocycles. The molecular weight excluding hydrogens is 164 g/mol. The van der Waals surface area contributed by atoms with E-state index in [2.05, 4.69) is 16.9 Å². The third-order valence-electron chi connectivity index (χ3n) is 2.01. The predicted molar refractivity (Wildman–Crippen MR) is 50.9 cm³/mol. The molecule has 0 aliphatic carbocycles. The summed E-state index contributed by atoms with van der Waals surface area (Å²) in [5, 5.41) is 10.9. The Kier molecular flexibility index (Phi) is 4.50. The van der Waals surface area contributed by atoms with Crippen molar-refractivity contribution in [2.45, 2.75) is 25.6 Å². The normalized spacial score (nSPS) is 12.8. The molecule has 1 unspecified atom stereocenters. The third-order valence-corrected chi connectivity index (χ3v) is 2.01. The van der Waals surface area contributed by atoms with Crippen LogP contribution < -0.4 is 0 Å². The fraction of sp³-hybridized carbons (Fsp3) is 0.455. The lowest BCUT2D eigenvalue weighted by Crippen LogP contribution is -2.06. The van der Waals surface area contributed by atoms with Crippen LogP contribution in [0.4, 0.5) is 0 Å². The van der Waals surface area contributed by atoms with E-state index in [0.29, 0.717) is 6.42 Å². The third kappa shape index (κ3) is 4.06. The highest BCUT2D eigenvalue weighted by molar-refractivity contribution is 5.14. The average molecular weight is 179 g/mol. The summed E-state index contributed by atoms with van der Waals surface area (Å²) in [6, 6.07) is 10.2. The summed E-state index contributed by atoms with van der Waals surface area (Å²) >= 11 is 0. The minimum atomic E-state index is -0.858. The number of ether oxygens (including phenoxy) is 1. The van der Waals surface area contributed by atoms with Gasteiger partial charge in [-0.05, 0) is 18.4 Å². The van der Waals surface area contributed by atoms with E-state index in [1.807, 2.05) is 18.2 Å². The van der Waals surface area contributed by atoms with E-state index in [0.717, 1.165) is 12.8 Å². The molecule has 0 amide bonds. The van der Waals surface area contributed by atoms with Gasteiger partial charge in [-0.1, -0.05) is 30.3 Å². The summed E-state index contributed by atoms with van der Waals surface area (Å²) in [5.74, 6) is 0. The smallest absolute Gasteiger partial charge is 0.190 e. The van der Waals surface area contributed by atoms with Gasteiger partial charge in [-0.2, -0.15) is 0 Å². The Balaban J connectivity index is 2.20. The number of hydrogen-bond donors (Lipinski definition) is 0. The van der Waals surface area contributed by atoms with E-state index in [9.17, 15) is 5.11 Å². The van der Waals surface area contributed by atoms with E-state index >= 15 is 0 Å². The van der Waals surface area contributed by atoms with Crippen LogP contribution in [0, 0.1) is 0 Å². The van der Waals surface area contributed by atoms with Crippen LogP contribution in [0.2, 0.25) is 0 Å². The highest BCUT2D eigenvalue weighted by atomic mass is 16.6. The second-order valence-electron chi connectivity index (χ2n) is 3.04. The van der Waals surface area contributed by atoms with Crippen molar-refractivity contribution in [3.8, 4) is 0 Å². The largest absolute Gasteiger partial charge is 0.353 e. The Hall–Kier alpha value is -0.860. The molecule has 1 atom stereocenters. The monoisotopic (exact) mass is 179 g/mol. The predicted octanol–water partition coefficient (Wildman–Crippen LogP) is 2.41. The molecule has 2 nitrogen and oxygen atoms in total. The van der Waals surface area contributed by atoms with Crippen LogP contribution in [-0.2, 0) is 16.3 Å². The van der Waals surface area contributed by atoms with E-state index < -0.39 is 6.29 Å². The second kappa shape index (κ2) is 5.73. The van der Waals surface area contributed by atoms with Crippen LogP contribution in [0.3, 0.4) is 0 Å². The first kappa shape index (κ1) is 10.2. The van der Waals surface area contributed by atoms with Crippen LogP contribution in [0.5, 0.6) is 0 Å². The Morgan fingerprint density at radius 3 is 2.62 bits per heavy atom. The van der Waals surface area contributed by atoms with E-state index in [-0.39, 0.29) is 0 Å². The van der Waals surface area contributed by atoms with Crippen LogP contribution in [0.15, 0.2) is 30.3 Å². The molecule has 71 valence electrons. The molecule has 0 saturated heterocycles. The zero-order valence-electron chi connectivity index (χ0n) is 7.90. The lowest BCUT2D eigenvalue weighted by atomic mass is 10.1. The summed E-state index contributed by atoms with van der Waals surface area (Å²) < 4.78 is 4.63. The first-order chi connectivity index (χ1) is 6.33. The number of rotatable bonds is 5. The van der Waals surface area contributed by atoms with E-state index in [1.54, 1.807) is 0 Å². The van der Waals surface area contributed by atoms with Gasteiger partial charge in [-0.25, -0.2) is 5.11 Å². The number of hydrogen-bond acceptors (Lipinski definition) is 1. The molecule has 0 N–H and O–H groups in total. The maximum Gasteiger partial charge on any atom is 0.190 e. The van der Waals surface area contributed by atoms with E-state index in [4.69, 9.17) is 0 Å². The minimum Gasteiger partial charge on any atom is -0.353 e. The van der Waals surface area contributed by atoms with E-state index in [1.165, 1.54) is 12.7 Å². The van der Waals surface area contributed by atoms with Gasteiger partial charge in [-0.15, -0.1) is 0 Å². The minimum absolute atomic E-state index is 0.589. The van der Waals surface area contributed by atoms with Gasteiger partial charge < -0.3 is 4.74 Å². The number of aryl methyl sites for hydroxylation is 1. The van der Waals surface area contributed by atoms with Gasteiger partial charge in [0.2, 0.25) is 0 Å². The van der Waals surface area contributed by atoms with Crippen molar-refractivity contribution in [1.29, 1.82) is 0 Å². The fourth-order valence-electron chi connectivity index (χ4n) is 1.24. The summed E-state index contributed by atoms with van der Waals surface area (Å²) in [5.41, 5.74) is 1.28. The lowest BCUT2D eigenvalue weighted by Gasteiger charge is -2.05. The summed E-state index contributed by atoms with van der Waals surface area (Å²) in [6.45, 7) is 0. The lowest BCUT2D eigenvalue weighted by molar-refractivity contribution is -0.123. The van der Waals surface area contributed by atoms with Gasteiger partial charge in [0, 0.05) is 13.5 Å². The maximum absolute atomic E-state index is 10.9. The van der Waals surface area contributed by atoms with Crippen LogP contribution in [-0.4, -0.2) is 13.4 Å². The van der Waals surface area contributed by atoms with Gasteiger partial charge in [0.15, 0.2) is 6.29 Å². The van der Waals surface area contributed by atoms with Crippen molar-refractivity contribution in [2.75, 3.05) is 7.11 Å². The first-order valence-corrected chi connectivity index (χ1v) is 4.55. The van der Waals surface area contributed by atoms with Crippen molar-refractivity contribution < 1.29 is 9.84 Å². The molecule has 0 saturated carbocycles. The maximum atomic E-state index is 10.9. The van der Waals surface area contributed by atoms with Gasteiger partial charge in [-0.3, -0.25) is 0 Å². The zero-order chi connectivity index (χ0) is 9.52. The molecule has 13 heavy (non-hydrogen) atoms. The molecule has 0 bridgehead atoms. The highest BCUT2D eigenvalue weighted by Gasteiger charge is 2.02. The Labute approximate surface area is 79.2 Å². The Bertz CT molecular complexity index is 221. The number of benzene rings is 1. The van der Waals surface area contributed by atoms with Crippen LogP contribution in [0.25, 0.3) is 0 Å². The number of methoxy groups -OCH3 is 1. The van der Waals surface area contributed by atoms with Crippen molar-refractivity contribution in [3.05, 3.63) is 35.9 Å². The average Bonchev–Trinajstić information content (AvgIpc) is 2.19. The van der Waals surface area contributed by atoms with Gasteiger partial charge in [0.05, 0.1) is 0 Å². The SMILES string of the molecule is COC([O])CCCc1ccccc1. The van der Waals surface area contributed by atoms with Crippen molar-refractivity contribution in [3.63, 3.8) is 0 Å². The standard InChI is InChI=1S/C11H15O2/c1-13-11(12)9-5-8-10-6-3-2-4-7-10/h2-4,6-7,11H,5,8-9H2,1H3. The molecule has 1 rings (SSSR count). The van der Waals surface area contributed by atoms with Crippen molar-refractivity contribution in [2.24, 2.45) is 0 Å². The first-order valence-electron chi connectivity index (χ1n) is 4.55. The molecule has 0 aliphatic heterocycles. The summed E-state index contributed by atoms with van der Waals surface area (Å²) in [6.07, 6.45) is 1.59. The van der Waals surface area contributed by atoms with Crippen molar-refractivity contribution >= 4 is 0 Å². The highest BCUT2D eigenvalue weighted by Crippen LogP contribution is 2.06. The molecule has 0 spiro atoms. The second-order valence-corrected chi connectivity index (χ2v) is 3.04. The molecule has 0 fully saturated rings. The Morgan fingerprint density at radius 2 is 2.00 bits per heavy atom. The molecule has 2 heteroatoms. The summed E-state index contributed by atoms with van der Waals surface area (Å²) in [7, 11) is 1.46. The molecule has 1 aromatic carbocycles. The fourth-order valence-corrected chi connectivity index (χ4v) is 1.24. The quantitative estimate of drug-likeness (QED) is 0.638. The van der Waals surface area contributed by atoms with Crippen LogP contribution >= 0.6 is 0 Å². The van der Waals surface area contributed by atoms with Crippen molar-refractivity contribution in [1.82, 2.24) is 0 Å². The molecule has 1 radical (unpaired) electrons. The summed E-state index contributed by atoms with van der Waals surface area (Å²) in [4.78, 5) is 0. The zero-order valence-corrected chi connectivity index (χ0v) is 7.90. The van der Waals surface area contributed by atoms with Crippen LogP contribution in [0.1, 0.15) is 18.4 Å². The molecular formula is C11H15O2. The van der Waals surface area contributed by atoms with Gasteiger partial charge >= 0.3 is 0 Å². The van der Waals surface area contributed by atoms with Gasteiger partial charge in [0.1, 0.15) is 0 Å². The molecule has 0 heterocycles. The topological polar surface area (TPSA) is 29.1 Å².